The SMILES string of the molecule is COc1cccc(CNC(=O)CCNC(=O)c2cccc(C)c2)c1. The van der Waals surface area contributed by atoms with E-state index in [1.165, 1.54) is 0 Å². The van der Waals surface area contributed by atoms with Crippen LogP contribution in [-0.4, -0.2) is 25.5 Å². The molecule has 0 aromatic heterocycles. The standard InChI is InChI=1S/C19H22N2O3/c1-14-5-3-7-16(11-14)19(23)20-10-9-18(22)21-13-15-6-4-8-17(12-15)24-2/h3-8,11-12H,9-10,13H2,1-2H3,(H,20,23)(H,21,22). The maximum Gasteiger partial charge on any atom is 0.251 e. The second kappa shape index (κ2) is 8.72. The quantitative estimate of drug-likeness (QED) is 0.821. The molecule has 5 heteroatoms. The number of aryl methyl sites for hydroxylation is 1. The predicted molar refractivity (Wildman–Crippen MR) is 93.0 cm³/mol. The molecule has 5 nitrogen and oxygen atoms in total. The van der Waals surface area contributed by atoms with Crippen LogP contribution in [0.5, 0.6) is 5.75 Å². The molecule has 0 fully saturated rings. The second-order valence-corrected chi connectivity index (χ2v) is 5.50. The zero-order valence-corrected chi connectivity index (χ0v) is 14.0. The molecule has 2 N–H and O–H groups in total. The van der Waals surface area contributed by atoms with Gasteiger partial charge in [0.15, 0.2) is 0 Å². The minimum atomic E-state index is -0.167. The average Bonchev–Trinajstić information content (AvgIpc) is 2.60. The molecule has 0 bridgehead atoms. The lowest BCUT2D eigenvalue weighted by molar-refractivity contribution is -0.121. The number of carbonyl (C=O) groups excluding carboxylic acids is 2. The van der Waals surface area contributed by atoms with Gasteiger partial charge in [0.25, 0.3) is 5.91 Å². The third kappa shape index (κ3) is 5.43. The third-order valence-electron chi connectivity index (χ3n) is 3.54. The van der Waals surface area contributed by atoms with Gasteiger partial charge in [-0.15, -0.1) is 0 Å². The van der Waals surface area contributed by atoms with E-state index < -0.39 is 0 Å². The van der Waals surface area contributed by atoms with Crippen LogP contribution in [0.1, 0.15) is 27.9 Å². The maximum atomic E-state index is 12.0. The van der Waals surface area contributed by atoms with Gasteiger partial charge in [-0.1, -0.05) is 29.8 Å². The van der Waals surface area contributed by atoms with Gasteiger partial charge in [-0.3, -0.25) is 9.59 Å². The molecule has 0 aliphatic heterocycles. The summed E-state index contributed by atoms with van der Waals surface area (Å²) in [5.41, 5.74) is 2.59. The number of methoxy groups -OCH3 is 1. The van der Waals surface area contributed by atoms with Crippen LogP contribution >= 0.6 is 0 Å². The number of benzene rings is 2. The lowest BCUT2D eigenvalue weighted by Gasteiger charge is -2.08. The van der Waals surface area contributed by atoms with Crippen LogP contribution in [0.25, 0.3) is 0 Å². The van der Waals surface area contributed by atoms with E-state index in [4.69, 9.17) is 4.74 Å². The van der Waals surface area contributed by atoms with Crippen molar-refractivity contribution in [2.24, 2.45) is 0 Å². The molecule has 0 saturated heterocycles. The number of hydrogen-bond acceptors (Lipinski definition) is 3. The highest BCUT2D eigenvalue weighted by Gasteiger charge is 2.07. The zero-order valence-electron chi connectivity index (χ0n) is 14.0. The number of rotatable bonds is 7. The second-order valence-electron chi connectivity index (χ2n) is 5.50. The molecular formula is C19H22N2O3. The maximum absolute atomic E-state index is 12.0. The molecule has 2 amide bonds. The molecule has 0 heterocycles. The largest absolute Gasteiger partial charge is 0.497 e. The van der Waals surface area contributed by atoms with Gasteiger partial charge in [0, 0.05) is 25.1 Å². The average molecular weight is 326 g/mol. The molecule has 0 saturated carbocycles. The van der Waals surface area contributed by atoms with E-state index >= 15 is 0 Å². The molecule has 0 radical (unpaired) electrons. The molecule has 0 aliphatic rings. The molecule has 0 atom stereocenters. The molecule has 0 spiro atoms. The van der Waals surface area contributed by atoms with Crippen molar-refractivity contribution in [1.82, 2.24) is 10.6 Å². The van der Waals surface area contributed by atoms with E-state index in [1.807, 2.05) is 49.4 Å². The van der Waals surface area contributed by atoms with Gasteiger partial charge < -0.3 is 15.4 Å². The molecular weight excluding hydrogens is 304 g/mol. The van der Waals surface area contributed by atoms with E-state index in [-0.39, 0.29) is 18.2 Å². The lowest BCUT2D eigenvalue weighted by Crippen LogP contribution is -2.30. The highest BCUT2D eigenvalue weighted by atomic mass is 16.5. The third-order valence-corrected chi connectivity index (χ3v) is 3.54. The first-order valence-corrected chi connectivity index (χ1v) is 7.83. The smallest absolute Gasteiger partial charge is 0.251 e. The van der Waals surface area contributed by atoms with Crippen LogP contribution in [0.2, 0.25) is 0 Å². The molecule has 126 valence electrons. The van der Waals surface area contributed by atoms with Crippen molar-refractivity contribution in [2.45, 2.75) is 19.9 Å². The van der Waals surface area contributed by atoms with Crippen molar-refractivity contribution in [3.8, 4) is 5.75 Å². The first-order chi connectivity index (χ1) is 11.6. The number of ether oxygens (including phenoxy) is 1. The Morgan fingerprint density at radius 2 is 1.83 bits per heavy atom. The minimum Gasteiger partial charge on any atom is -0.497 e. The molecule has 0 aliphatic carbocycles. The summed E-state index contributed by atoms with van der Waals surface area (Å²) in [5.74, 6) is 0.480. The first kappa shape index (κ1) is 17.5. The van der Waals surface area contributed by atoms with Gasteiger partial charge in [0.05, 0.1) is 7.11 Å². The molecule has 0 unspecified atom stereocenters. The Kier molecular flexibility index (Phi) is 6.37. The molecule has 2 aromatic carbocycles. The van der Waals surface area contributed by atoms with Crippen LogP contribution in [0, 0.1) is 6.92 Å². The van der Waals surface area contributed by atoms with Crippen molar-refractivity contribution in [2.75, 3.05) is 13.7 Å². The normalized spacial score (nSPS) is 10.1. The summed E-state index contributed by atoms with van der Waals surface area (Å²) in [6.45, 7) is 2.67. The van der Waals surface area contributed by atoms with Crippen LogP contribution in [-0.2, 0) is 11.3 Å². The fourth-order valence-corrected chi connectivity index (χ4v) is 2.25. The lowest BCUT2D eigenvalue weighted by atomic mass is 10.1. The topological polar surface area (TPSA) is 67.4 Å². The molecule has 2 aromatic rings. The van der Waals surface area contributed by atoms with Crippen LogP contribution in [0.3, 0.4) is 0 Å². The van der Waals surface area contributed by atoms with Gasteiger partial charge >= 0.3 is 0 Å². The summed E-state index contributed by atoms with van der Waals surface area (Å²) in [6.07, 6.45) is 0.238. The fourth-order valence-electron chi connectivity index (χ4n) is 2.25. The minimum absolute atomic E-state index is 0.109. The van der Waals surface area contributed by atoms with E-state index in [0.717, 1.165) is 16.9 Å². The monoisotopic (exact) mass is 326 g/mol. The highest BCUT2D eigenvalue weighted by Crippen LogP contribution is 2.12. The Bertz CT molecular complexity index is 713. The number of amides is 2. The Morgan fingerprint density at radius 3 is 2.58 bits per heavy atom. The van der Waals surface area contributed by atoms with Crippen molar-refractivity contribution in [3.63, 3.8) is 0 Å². The summed E-state index contributed by atoms with van der Waals surface area (Å²) >= 11 is 0. The molecule has 24 heavy (non-hydrogen) atoms. The summed E-state index contributed by atoms with van der Waals surface area (Å²) in [7, 11) is 1.61. The van der Waals surface area contributed by atoms with Gasteiger partial charge in [0.2, 0.25) is 5.91 Å². The molecule has 2 rings (SSSR count). The Balaban J connectivity index is 1.72. The van der Waals surface area contributed by atoms with E-state index in [0.29, 0.717) is 18.7 Å². The number of carbonyl (C=O) groups is 2. The van der Waals surface area contributed by atoms with E-state index in [2.05, 4.69) is 10.6 Å². The van der Waals surface area contributed by atoms with Crippen molar-refractivity contribution in [1.29, 1.82) is 0 Å². The van der Waals surface area contributed by atoms with Crippen LogP contribution in [0.4, 0.5) is 0 Å². The van der Waals surface area contributed by atoms with Gasteiger partial charge in [-0.05, 0) is 36.8 Å². The van der Waals surface area contributed by atoms with Crippen LogP contribution < -0.4 is 15.4 Å². The first-order valence-electron chi connectivity index (χ1n) is 7.83. The van der Waals surface area contributed by atoms with E-state index in [9.17, 15) is 9.59 Å². The predicted octanol–water partition coefficient (Wildman–Crippen LogP) is 2.44. The van der Waals surface area contributed by atoms with Gasteiger partial charge in [0.1, 0.15) is 5.75 Å². The van der Waals surface area contributed by atoms with Gasteiger partial charge in [-0.2, -0.15) is 0 Å². The highest BCUT2D eigenvalue weighted by molar-refractivity contribution is 5.94. The Labute approximate surface area is 142 Å². The van der Waals surface area contributed by atoms with Crippen LogP contribution in [0.15, 0.2) is 48.5 Å². The summed E-state index contributed by atoms with van der Waals surface area (Å²) < 4.78 is 5.14. The van der Waals surface area contributed by atoms with Gasteiger partial charge in [-0.25, -0.2) is 0 Å². The summed E-state index contributed by atoms with van der Waals surface area (Å²) in [4.78, 5) is 23.8. The fraction of sp³-hybridized carbons (Fsp3) is 0.263. The van der Waals surface area contributed by atoms with Crippen molar-refractivity contribution >= 4 is 11.8 Å². The number of hydrogen-bond donors (Lipinski definition) is 2. The number of nitrogens with one attached hydrogen (secondary N) is 2. The summed E-state index contributed by atoms with van der Waals surface area (Å²) in [6, 6.07) is 14.9. The van der Waals surface area contributed by atoms with E-state index in [1.54, 1.807) is 13.2 Å². The van der Waals surface area contributed by atoms with Crippen molar-refractivity contribution in [3.05, 3.63) is 65.2 Å². The Morgan fingerprint density at radius 1 is 1.04 bits per heavy atom. The van der Waals surface area contributed by atoms with Crippen molar-refractivity contribution < 1.29 is 14.3 Å². The zero-order chi connectivity index (χ0) is 17.4. The Hall–Kier alpha value is -2.82. The summed E-state index contributed by atoms with van der Waals surface area (Å²) in [5, 5.41) is 5.58.